The smallest absolute Gasteiger partial charge is 0.346 e. The van der Waals surface area contributed by atoms with Crippen LogP contribution in [-0.2, 0) is 28.9 Å². The number of carbonyl (C=O) groups is 1. The molecule has 2 aliphatic rings. The molecular formula is C21H24FN3O3. The van der Waals surface area contributed by atoms with Crippen LogP contribution < -0.4 is 5.69 Å². The molecule has 0 saturated heterocycles. The zero-order chi connectivity index (χ0) is 19.9. The lowest BCUT2D eigenvalue weighted by Crippen LogP contribution is -2.38. The van der Waals surface area contributed by atoms with E-state index in [0.29, 0.717) is 31.6 Å². The SMILES string of the molecule is CC(C)(OC(=O)[C@@H]1CCCc2nn(CCc3ccc(F)cc3)c(=O)n21)C1=CC1. The van der Waals surface area contributed by atoms with Crippen molar-refractivity contribution in [3.8, 4) is 0 Å². The van der Waals surface area contributed by atoms with Crippen molar-refractivity contribution in [3.63, 3.8) is 0 Å². The van der Waals surface area contributed by atoms with E-state index in [2.05, 4.69) is 5.10 Å². The van der Waals surface area contributed by atoms with Gasteiger partial charge in [-0.1, -0.05) is 18.2 Å². The molecule has 4 rings (SSSR count). The standard InChI is InChI=1S/C21H24FN3O3/c1-21(2,15-8-9-15)28-19(26)17-4-3-5-18-23-24(20(27)25(17)18)13-12-14-6-10-16(22)11-7-14/h6-8,10-11,17H,3-5,9,12-13H2,1-2H3/t17-/m0/s1. The Balaban J connectivity index is 1.52. The van der Waals surface area contributed by atoms with E-state index in [9.17, 15) is 14.0 Å². The Labute approximate surface area is 162 Å². The average Bonchev–Trinajstić information content (AvgIpc) is 3.47. The largest absolute Gasteiger partial charge is 0.454 e. The van der Waals surface area contributed by atoms with Crippen molar-refractivity contribution >= 4 is 5.97 Å². The van der Waals surface area contributed by atoms with Gasteiger partial charge < -0.3 is 4.74 Å². The molecule has 0 amide bonds. The molecule has 0 radical (unpaired) electrons. The Morgan fingerprint density at radius 2 is 2.04 bits per heavy atom. The maximum atomic E-state index is 13.0. The van der Waals surface area contributed by atoms with Crippen LogP contribution in [0.3, 0.4) is 0 Å². The predicted molar refractivity (Wildman–Crippen MR) is 101 cm³/mol. The number of ether oxygens (including phenoxy) is 1. The van der Waals surface area contributed by atoms with Crippen LogP contribution in [-0.4, -0.2) is 25.9 Å². The van der Waals surface area contributed by atoms with Crippen LogP contribution in [0.15, 0.2) is 40.7 Å². The Kier molecular flexibility index (Phi) is 4.69. The minimum Gasteiger partial charge on any atom is -0.454 e. The molecule has 0 saturated carbocycles. The second-order valence-corrected chi connectivity index (χ2v) is 7.94. The van der Waals surface area contributed by atoms with Gasteiger partial charge in [0.2, 0.25) is 0 Å². The van der Waals surface area contributed by atoms with E-state index < -0.39 is 11.6 Å². The molecule has 6 nitrogen and oxygen atoms in total. The van der Waals surface area contributed by atoms with Crippen LogP contribution in [0.2, 0.25) is 0 Å². The van der Waals surface area contributed by atoms with Crippen molar-refractivity contribution < 1.29 is 13.9 Å². The third kappa shape index (κ3) is 3.66. The zero-order valence-corrected chi connectivity index (χ0v) is 16.2. The topological polar surface area (TPSA) is 66.1 Å². The van der Waals surface area contributed by atoms with Crippen LogP contribution in [0.5, 0.6) is 0 Å². The first kappa shape index (κ1) is 18.7. The number of halogens is 1. The van der Waals surface area contributed by atoms with Gasteiger partial charge >= 0.3 is 11.7 Å². The normalized spacial score (nSPS) is 18.4. The average molecular weight is 385 g/mol. The lowest BCUT2D eigenvalue weighted by atomic mass is 10.0. The number of nitrogens with zero attached hydrogens (tertiary/aromatic N) is 3. The first-order valence-electron chi connectivity index (χ1n) is 9.70. The zero-order valence-electron chi connectivity index (χ0n) is 16.2. The quantitative estimate of drug-likeness (QED) is 0.566. The number of rotatable bonds is 6. The monoisotopic (exact) mass is 385 g/mol. The second kappa shape index (κ2) is 7.04. The fourth-order valence-corrected chi connectivity index (χ4v) is 3.71. The molecular weight excluding hydrogens is 361 g/mol. The number of allylic oxidation sites excluding steroid dienone is 1. The van der Waals surface area contributed by atoms with E-state index in [0.717, 1.165) is 24.0 Å². The Morgan fingerprint density at radius 1 is 1.32 bits per heavy atom. The van der Waals surface area contributed by atoms with Crippen LogP contribution >= 0.6 is 0 Å². The summed E-state index contributed by atoms with van der Waals surface area (Å²) >= 11 is 0. The highest BCUT2D eigenvalue weighted by atomic mass is 19.1. The summed E-state index contributed by atoms with van der Waals surface area (Å²) in [5.41, 5.74) is 1.12. The van der Waals surface area contributed by atoms with E-state index in [4.69, 9.17) is 4.74 Å². The van der Waals surface area contributed by atoms with E-state index in [1.54, 1.807) is 12.1 Å². The fraction of sp³-hybridized carbons (Fsp3) is 0.476. The Bertz CT molecular complexity index is 985. The molecule has 1 atom stereocenters. The highest BCUT2D eigenvalue weighted by Gasteiger charge is 2.37. The van der Waals surface area contributed by atoms with E-state index >= 15 is 0 Å². The number of benzene rings is 1. The molecule has 1 aromatic heterocycles. The number of aryl methyl sites for hydroxylation is 3. The number of hydrogen-bond acceptors (Lipinski definition) is 4. The van der Waals surface area contributed by atoms with Gasteiger partial charge in [-0.05, 0) is 62.8 Å². The van der Waals surface area contributed by atoms with Gasteiger partial charge in [0.05, 0.1) is 6.54 Å². The van der Waals surface area contributed by atoms with E-state index in [1.165, 1.54) is 21.4 Å². The van der Waals surface area contributed by atoms with Gasteiger partial charge in [-0.3, -0.25) is 4.57 Å². The van der Waals surface area contributed by atoms with Crippen molar-refractivity contribution in [2.75, 3.05) is 0 Å². The third-order valence-electron chi connectivity index (χ3n) is 5.47. The first-order valence-corrected chi connectivity index (χ1v) is 9.70. The van der Waals surface area contributed by atoms with Crippen LogP contribution in [0.1, 0.15) is 50.5 Å². The molecule has 1 aliphatic heterocycles. The number of carbonyl (C=O) groups excluding carboxylic acids is 1. The lowest BCUT2D eigenvalue weighted by Gasteiger charge is -2.28. The maximum Gasteiger partial charge on any atom is 0.346 e. The Hall–Kier alpha value is -2.70. The van der Waals surface area contributed by atoms with Crippen molar-refractivity contribution in [1.82, 2.24) is 14.3 Å². The van der Waals surface area contributed by atoms with Crippen molar-refractivity contribution in [2.45, 2.75) is 64.1 Å². The summed E-state index contributed by atoms with van der Waals surface area (Å²) in [5, 5.41) is 4.43. The van der Waals surface area contributed by atoms with Gasteiger partial charge in [-0.2, -0.15) is 5.10 Å². The highest BCUT2D eigenvalue weighted by molar-refractivity contribution is 5.75. The van der Waals surface area contributed by atoms with Crippen molar-refractivity contribution in [2.24, 2.45) is 0 Å². The van der Waals surface area contributed by atoms with Crippen LogP contribution in [0.4, 0.5) is 4.39 Å². The molecule has 1 aliphatic carbocycles. The molecule has 0 bridgehead atoms. The Morgan fingerprint density at radius 3 is 2.71 bits per heavy atom. The third-order valence-corrected chi connectivity index (χ3v) is 5.47. The number of esters is 1. The predicted octanol–water partition coefficient (Wildman–Crippen LogP) is 2.96. The summed E-state index contributed by atoms with van der Waals surface area (Å²) in [5.74, 6) is -0.0377. The van der Waals surface area contributed by atoms with Gasteiger partial charge in [0.15, 0.2) is 0 Å². The van der Waals surface area contributed by atoms with Crippen LogP contribution in [0, 0.1) is 5.82 Å². The molecule has 148 valence electrons. The van der Waals surface area contributed by atoms with Gasteiger partial charge in [0.25, 0.3) is 0 Å². The second-order valence-electron chi connectivity index (χ2n) is 7.94. The summed E-state index contributed by atoms with van der Waals surface area (Å²) in [6, 6.07) is 5.57. The van der Waals surface area contributed by atoms with Gasteiger partial charge in [0, 0.05) is 6.42 Å². The number of aromatic nitrogens is 3. The maximum absolute atomic E-state index is 13.0. The van der Waals surface area contributed by atoms with Crippen LogP contribution in [0.25, 0.3) is 0 Å². The highest BCUT2D eigenvalue weighted by Crippen LogP contribution is 2.35. The first-order chi connectivity index (χ1) is 13.3. The lowest BCUT2D eigenvalue weighted by molar-refractivity contribution is -0.158. The minimum atomic E-state index is -0.630. The number of fused-ring (bicyclic) bond motifs is 1. The molecule has 0 spiro atoms. The summed E-state index contributed by atoms with van der Waals surface area (Å²) in [4.78, 5) is 25.7. The minimum absolute atomic E-state index is 0.287. The number of hydrogen-bond donors (Lipinski definition) is 0. The van der Waals surface area contributed by atoms with Gasteiger partial charge in [-0.15, -0.1) is 0 Å². The molecule has 0 unspecified atom stereocenters. The molecule has 1 aromatic carbocycles. The fourth-order valence-electron chi connectivity index (χ4n) is 3.71. The molecule has 7 heteroatoms. The molecule has 2 heterocycles. The summed E-state index contributed by atoms with van der Waals surface area (Å²) < 4.78 is 21.7. The van der Waals surface area contributed by atoms with E-state index in [1.807, 2.05) is 19.9 Å². The summed E-state index contributed by atoms with van der Waals surface area (Å²) in [7, 11) is 0. The molecule has 2 aromatic rings. The summed E-state index contributed by atoms with van der Waals surface area (Å²) in [6.07, 6.45) is 5.50. The summed E-state index contributed by atoms with van der Waals surface area (Å²) in [6.45, 7) is 4.13. The van der Waals surface area contributed by atoms with Crippen molar-refractivity contribution in [1.29, 1.82) is 0 Å². The van der Waals surface area contributed by atoms with Crippen molar-refractivity contribution in [3.05, 3.63) is 63.6 Å². The van der Waals surface area contributed by atoms with Gasteiger partial charge in [-0.25, -0.2) is 18.7 Å². The van der Waals surface area contributed by atoms with E-state index in [-0.39, 0.29) is 17.5 Å². The molecule has 0 fully saturated rings. The molecule has 28 heavy (non-hydrogen) atoms. The van der Waals surface area contributed by atoms with Gasteiger partial charge in [0.1, 0.15) is 23.3 Å². The molecule has 0 N–H and O–H groups in total.